The van der Waals surface area contributed by atoms with E-state index in [1.54, 1.807) is 9.36 Å². The van der Waals surface area contributed by atoms with Gasteiger partial charge in [0, 0.05) is 29.0 Å². The standard InChI is InChI=1S/C27H29N3O3S/c1-18-24(27(32)30(29(18)2)19-11-5-3-6-12-19)28-26(31)25-22(17-34-20-13-7-4-8-14-20)21-15-9-10-16-23(21)33-25/h3,5-6,9-12,15-16,20H,4,7-8,13-14,17H2,1-2H3,(H,28,31). The second-order valence-corrected chi connectivity index (χ2v) is 10.2. The third-order valence-electron chi connectivity index (χ3n) is 6.71. The van der Waals surface area contributed by atoms with Crippen molar-refractivity contribution >= 4 is 34.3 Å². The summed E-state index contributed by atoms with van der Waals surface area (Å²) < 4.78 is 9.35. The Hall–Kier alpha value is -3.19. The number of para-hydroxylation sites is 2. The summed E-state index contributed by atoms with van der Waals surface area (Å²) in [6.07, 6.45) is 6.32. The largest absolute Gasteiger partial charge is 0.451 e. The molecule has 0 atom stereocenters. The molecule has 0 aliphatic heterocycles. The van der Waals surface area contributed by atoms with Crippen LogP contribution in [0.4, 0.5) is 5.69 Å². The number of hydrogen-bond donors (Lipinski definition) is 1. The molecule has 0 radical (unpaired) electrons. The smallest absolute Gasteiger partial charge is 0.295 e. The molecular weight excluding hydrogens is 446 g/mol. The number of nitrogens with one attached hydrogen (secondary N) is 1. The summed E-state index contributed by atoms with van der Waals surface area (Å²) in [5.74, 6) is 0.617. The minimum atomic E-state index is -0.388. The molecule has 2 heterocycles. The van der Waals surface area contributed by atoms with Crippen LogP contribution in [0.2, 0.25) is 0 Å². The van der Waals surface area contributed by atoms with E-state index in [1.807, 2.05) is 80.3 Å². The van der Waals surface area contributed by atoms with Crippen LogP contribution >= 0.6 is 11.8 Å². The first-order valence-corrected chi connectivity index (χ1v) is 12.9. The molecular formula is C27H29N3O3S. The van der Waals surface area contributed by atoms with Crippen LogP contribution < -0.4 is 10.9 Å². The van der Waals surface area contributed by atoms with E-state index in [2.05, 4.69) is 5.32 Å². The van der Waals surface area contributed by atoms with E-state index in [9.17, 15) is 9.59 Å². The van der Waals surface area contributed by atoms with Crippen molar-refractivity contribution < 1.29 is 9.21 Å². The summed E-state index contributed by atoms with van der Waals surface area (Å²) in [4.78, 5) is 26.7. The second-order valence-electron chi connectivity index (χ2n) is 8.87. The molecule has 2 aromatic carbocycles. The van der Waals surface area contributed by atoms with Gasteiger partial charge in [0.2, 0.25) is 0 Å². The lowest BCUT2D eigenvalue weighted by atomic mass is 10.0. The highest BCUT2D eigenvalue weighted by molar-refractivity contribution is 7.99. The van der Waals surface area contributed by atoms with Crippen molar-refractivity contribution in [2.75, 3.05) is 5.32 Å². The van der Waals surface area contributed by atoms with Gasteiger partial charge in [-0.1, -0.05) is 55.7 Å². The fourth-order valence-corrected chi connectivity index (χ4v) is 6.10. The second kappa shape index (κ2) is 9.58. The Balaban J connectivity index is 1.47. The number of benzene rings is 2. The molecule has 1 saturated carbocycles. The zero-order chi connectivity index (χ0) is 23.7. The third-order valence-corrected chi connectivity index (χ3v) is 8.11. The number of hydrogen-bond acceptors (Lipinski definition) is 4. The van der Waals surface area contributed by atoms with Crippen molar-refractivity contribution in [3.63, 3.8) is 0 Å². The van der Waals surface area contributed by atoms with E-state index in [0.29, 0.717) is 28.0 Å². The van der Waals surface area contributed by atoms with Crippen LogP contribution in [0.15, 0.2) is 63.8 Å². The molecule has 0 saturated heterocycles. The molecule has 6 nitrogen and oxygen atoms in total. The number of rotatable bonds is 6. The monoisotopic (exact) mass is 475 g/mol. The van der Waals surface area contributed by atoms with Gasteiger partial charge in [-0.05, 0) is 38.0 Å². The highest BCUT2D eigenvalue weighted by atomic mass is 32.2. The van der Waals surface area contributed by atoms with Gasteiger partial charge >= 0.3 is 0 Å². The fourth-order valence-electron chi connectivity index (χ4n) is 4.74. The first-order valence-electron chi connectivity index (χ1n) is 11.8. The molecule has 34 heavy (non-hydrogen) atoms. The molecule has 1 amide bonds. The molecule has 1 fully saturated rings. The molecule has 7 heteroatoms. The Labute approximate surface area is 202 Å². The molecule has 1 aliphatic rings. The average molecular weight is 476 g/mol. The van der Waals surface area contributed by atoms with Crippen LogP contribution in [-0.2, 0) is 12.8 Å². The van der Waals surface area contributed by atoms with Gasteiger partial charge in [0.15, 0.2) is 5.76 Å². The molecule has 0 spiro atoms. The van der Waals surface area contributed by atoms with Crippen LogP contribution in [0.25, 0.3) is 16.7 Å². The van der Waals surface area contributed by atoms with Gasteiger partial charge in [0.1, 0.15) is 11.3 Å². The van der Waals surface area contributed by atoms with Crippen molar-refractivity contribution in [1.29, 1.82) is 0 Å². The van der Waals surface area contributed by atoms with Crippen LogP contribution in [0.5, 0.6) is 0 Å². The predicted molar refractivity (Wildman–Crippen MR) is 138 cm³/mol. The Morgan fingerprint density at radius 2 is 1.76 bits per heavy atom. The summed E-state index contributed by atoms with van der Waals surface area (Å²) in [5, 5.41) is 4.45. The van der Waals surface area contributed by atoms with Crippen LogP contribution in [0.3, 0.4) is 0 Å². The maximum Gasteiger partial charge on any atom is 0.295 e. The maximum absolute atomic E-state index is 13.4. The maximum atomic E-state index is 13.4. The first kappa shape index (κ1) is 22.6. The normalized spacial score (nSPS) is 14.5. The summed E-state index contributed by atoms with van der Waals surface area (Å²) >= 11 is 1.91. The number of carbonyl (C=O) groups excluding carboxylic acids is 1. The van der Waals surface area contributed by atoms with E-state index in [-0.39, 0.29) is 17.2 Å². The first-order chi connectivity index (χ1) is 16.5. The van der Waals surface area contributed by atoms with Crippen molar-refractivity contribution in [2.24, 2.45) is 7.05 Å². The number of amides is 1. The lowest BCUT2D eigenvalue weighted by molar-refractivity contribution is 0.0997. The average Bonchev–Trinajstić information content (AvgIpc) is 3.34. The zero-order valence-corrected chi connectivity index (χ0v) is 20.4. The van der Waals surface area contributed by atoms with E-state index < -0.39 is 0 Å². The van der Waals surface area contributed by atoms with Crippen LogP contribution in [0, 0.1) is 6.92 Å². The van der Waals surface area contributed by atoms with Gasteiger partial charge in [-0.15, -0.1) is 0 Å². The minimum Gasteiger partial charge on any atom is -0.451 e. The molecule has 0 bridgehead atoms. The topological polar surface area (TPSA) is 69.2 Å². The lowest BCUT2D eigenvalue weighted by Gasteiger charge is -2.20. The van der Waals surface area contributed by atoms with E-state index in [0.717, 1.165) is 16.6 Å². The highest BCUT2D eigenvalue weighted by Crippen LogP contribution is 2.35. The number of furan rings is 1. The molecule has 176 valence electrons. The Morgan fingerprint density at radius 1 is 1.06 bits per heavy atom. The minimum absolute atomic E-state index is 0.266. The quantitative estimate of drug-likeness (QED) is 0.369. The van der Waals surface area contributed by atoms with Crippen molar-refractivity contribution in [3.05, 3.63) is 82.0 Å². The zero-order valence-electron chi connectivity index (χ0n) is 19.5. The molecule has 1 aliphatic carbocycles. The van der Waals surface area contributed by atoms with Crippen LogP contribution in [-0.4, -0.2) is 20.5 Å². The molecule has 2 aromatic heterocycles. The summed E-state index contributed by atoms with van der Waals surface area (Å²) in [6, 6.07) is 17.2. The number of fused-ring (bicyclic) bond motifs is 1. The Kier molecular flexibility index (Phi) is 6.37. The number of anilines is 1. The van der Waals surface area contributed by atoms with Crippen molar-refractivity contribution in [2.45, 2.75) is 50.0 Å². The Morgan fingerprint density at radius 3 is 2.53 bits per heavy atom. The number of nitrogens with zero attached hydrogens (tertiary/aromatic N) is 2. The number of aromatic nitrogens is 2. The third kappa shape index (κ3) is 4.20. The van der Waals surface area contributed by atoms with Gasteiger partial charge in [-0.25, -0.2) is 4.68 Å². The number of carbonyl (C=O) groups is 1. The SMILES string of the molecule is Cc1c(NC(=O)c2oc3ccccc3c2CSC2CCCCC2)c(=O)n(-c2ccccc2)n1C. The lowest BCUT2D eigenvalue weighted by Crippen LogP contribution is -2.23. The van der Waals surface area contributed by atoms with Gasteiger partial charge in [0.25, 0.3) is 11.5 Å². The van der Waals surface area contributed by atoms with E-state index >= 15 is 0 Å². The predicted octanol–water partition coefficient (Wildman–Crippen LogP) is 6.05. The Bertz CT molecular complexity index is 1380. The van der Waals surface area contributed by atoms with E-state index in [4.69, 9.17) is 4.42 Å². The fraction of sp³-hybridized carbons (Fsp3) is 0.333. The van der Waals surface area contributed by atoms with Gasteiger partial charge in [-0.2, -0.15) is 11.8 Å². The molecule has 5 rings (SSSR count). The van der Waals surface area contributed by atoms with Crippen molar-refractivity contribution in [1.82, 2.24) is 9.36 Å². The summed E-state index contributed by atoms with van der Waals surface area (Å²) in [6.45, 7) is 1.83. The van der Waals surface area contributed by atoms with Gasteiger partial charge < -0.3 is 9.73 Å². The van der Waals surface area contributed by atoms with Gasteiger partial charge in [-0.3, -0.25) is 14.3 Å². The van der Waals surface area contributed by atoms with Gasteiger partial charge in [0.05, 0.1) is 11.4 Å². The van der Waals surface area contributed by atoms with Crippen molar-refractivity contribution in [3.8, 4) is 5.69 Å². The molecule has 4 aromatic rings. The molecule has 1 N–H and O–H groups in total. The van der Waals surface area contributed by atoms with E-state index in [1.165, 1.54) is 32.1 Å². The number of thioether (sulfide) groups is 1. The summed E-state index contributed by atoms with van der Waals surface area (Å²) in [5.41, 5.74) is 3.01. The van der Waals surface area contributed by atoms with Crippen LogP contribution in [0.1, 0.15) is 53.9 Å². The molecule has 0 unspecified atom stereocenters. The highest BCUT2D eigenvalue weighted by Gasteiger charge is 2.25. The summed E-state index contributed by atoms with van der Waals surface area (Å²) in [7, 11) is 1.81.